The van der Waals surface area contributed by atoms with Gasteiger partial charge in [-0.2, -0.15) is 0 Å². The van der Waals surface area contributed by atoms with Crippen LogP contribution >= 0.6 is 38.9 Å². The first-order valence-electron chi connectivity index (χ1n) is 4.11. The molecule has 2 aromatic rings. The third-order valence-corrected chi connectivity index (χ3v) is 4.16. The van der Waals surface area contributed by atoms with Gasteiger partial charge in [0.25, 0.3) is 0 Å². The first-order valence-corrected chi connectivity index (χ1v) is 6.32. The second-order valence-electron chi connectivity index (χ2n) is 2.99. The fourth-order valence-corrected chi connectivity index (χ4v) is 3.29. The van der Waals surface area contributed by atoms with Crippen molar-refractivity contribution in [2.45, 2.75) is 12.5 Å². The summed E-state index contributed by atoms with van der Waals surface area (Å²) in [6, 6.07) is 4.02. The summed E-state index contributed by atoms with van der Waals surface area (Å²) < 4.78 is 2.15. The number of hydrogen-bond donors (Lipinski definition) is 1. The van der Waals surface area contributed by atoms with Crippen molar-refractivity contribution >= 4 is 49.0 Å². The minimum absolute atomic E-state index is 0.0497. The van der Waals surface area contributed by atoms with E-state index in [1.54, 1.807) is 11.3 Å². The molecular weight excluding hydrogens is 284 g/mol. The predicted octanol–water partition coefficient (Wildman–Crippen LogP) is 3.89. The number of halogens is 2. The van der Waals surface area contributed by atoms with E-state index < -0.39 is 0 Å². The van der Waals surface area contributed by atoms with E-state index in [9.17, 15) is 0 Å². The van der Waals surface area contributed by atoms with Crippen LogP contribution in [0.3, 0.4) is 0 Å². The molecule has 0 aliphatic carbocycles. The summed E-state index contributed by atoms with van der Waals surface area (Å²) in [5, 5.41) is 12.3. The number of thiophene rings is 1. The van der Waals surface area contributed by atoms with Crippen LogP contribution in [0, 0.1) is 0 Å². The van der Waals surface area contributed by atoms with E-state index in [0.29, 0.717) is 5.88 Å². The van der Waals surface area contributed by atoms with Gasteiger partial charge in [-0.3, -0.25) is 0 Å². The van der Waals surface area contributed by atoms with Crippen LogP contribution in [0.25, 0.3) is 10.1 Å². The lowest BCUT2D eigenvalue weighted by molar-refractivity contribution is 0.281. The highest BCUT2D eigenvalue weighted by molar-refractivity contribution is 9.10. The molecule has 0 amide bonds. The fourth-order valence-electron chi connectivity index (χ4n) is 1.37. The number of aliphatic hydroxyl groups is 1. The van der Waals surface area contributed by atoms with E-state index in [1.807, 2.05) is 12.1 Å². The molecule has 1 aromatic heterocycles. The van der Waals surface area contributed by atoms with Crippen LogP contribution < -0.4 is 0 Å². The van der Waals surface area contributed by atoms with Crippen molar-refractivity contribution in [1.29, 1.82) is 0 Å². The molecule has 0 aliphatic rings. The van der Waals surface area contributed by atoms with Crippen molar-refractivity contribution in [3.05, 3.63) is 33.1 Å². The number of benzene rings is 1. The van der Waals surface area contributed by atoms with Gasteiger partial charge >= 0.3 is 0 Å². The van der Waals surface area contributed by atoms with Crippen LogP contribution in [0.1, 0.15) is 11.1 Å². The Morgan fingerprint density at radius 2 is 2.14 bits per heavy atom. The molecule has 1 aromatic carbocycles. The Morgan fingerprint density at radius 3 is 2.79 bits per heavy atom. The molecule has 0 spiro atoms. The summed E-state index contributed by atoms with van der Waals surface area (Å²) in [4.78, 5) is 0. The van der Waals surface area contributed by atoms with Crippen LogP contribution in [0.2, 0.25) is 0 Å². The number of aliphatic hydroxyl groups excluding tert-OH is 1. The van der Waals surface area contributed by atoms with Gasteiger partial charge in [0.15, 0.2) is 0 Å². The molecule has 0 saturated heterocycles. The van der Waals surface area contributed by atoms with E-state index in [-0.39, 0.29) is 6.61 Å². The van der Waals surface area contributed by atoms with Gasteiger partial charge in [-0.15, -0.1) is 22.9 Å². The van der Waals surface area contributed by atoms with Gasteiger partial charge in [-0.05, 0) is 34.0 Å². The summed E-state index contributed by atoms with van der Waals surface area (Å²) in [6.07, 6.45) is 0. The highest BCUT2D eigenvalue weighted by atomic mass is 79.9. The lowest BCUT2D eigenvalue weighted by Crippen LogP contribution is -1.85. The Morgan fingerprint density at radius 1 is 1.36 bits per heavy atom. The lowest BCUT2D eigenvalue weighted by Gasteiger charge is -2.01. The molecule has 74 valence electrons. The predicted molar refractivity (Wildman–Crippen MR) is 65.0 cm³/mol. The summed E-state index contributed by atoms with van der Waals surface area (Å²) in [5.74, 6) is 0.520. The zero-order valence-electron chi connectivity index (χ0n) is 7.26. The second-order valence-corrected chi connectivity index (χ2v) is 5.03. The van der Waals surface area contributed by atoms with Gasteiger partial charge in [-0.1, -0.05) is 15.9 Å². The Kier molecular flexibility index (Phi) is 3.12. The molecule has 0 atom stereocenters. The smallest absolute Gasteiger partial charge is 0.0693 e. The first-order chi connectivity index (χ1) is 6.76. The van der Waals surface area contributed by atoms with Gasteiger partial charge in [0.2, 0.25) is 0 Å². The molecular formula is C10H8BrClOS. The van der Waals surface area contributed by atoms with Crippen molar-refractivity contribution in [2.75, 3.05) is 0 Å². The first kappa shape index (κ1) is 10.4. The van der Waals surface area contributed by atoms with E-state index in [4.69, 9.17) is 16.7 Å². The Balaban J connectivity index is 2.70. The molecule has 0 saturated carbocycles. The van der Waals surface area contributed by atoms with Gasteiger partial charge in [-0.25, -0.2) is 0 Å². The molecule has 14 heavy (non-hydrogen) atoms. The highest BCUT2D eigenvalue weighted by Crippen LogP contribution is 2.32. The SMILES string of the molecule is OCc1cc2c(CCl)csc2cc1Br. The van der Waals surface area contributed by atoms with Crippen molar-refractivity contribution < 1.29 is 5.11 Å². The topological polar surface area (TPSA) is 20.2 Å². The summed E-state index contributed by atoms with van der Waals surface area (Å²) in [7, 11) is 0. The van der Waals surface area contributed by atoms with Crippen molar-refractivity contribution in [1.82, 2.24) is 0 Å². The van der Waals surface area contributed by atoms with Crippen molar-refractivity contribution in [3.8, 4) is 0 Å². The molecule has 0 fully saturated rings. The summed E-state index contributed by atoms with van der Waals surface area (Å²) >= 11 is 10.9. The molecule has 0 aliphatic heterocycles. The van der Waals surface area contributed by atoms with Crippen molar-refractivity contribution in [3.63, 3.8) is 0 Å². The summed E-state index contributed by atoms with van der Waals surface area (Å²) in [6.45, 7) is 0.0497. The molecule has 2 rings (SSSR count). The third-order valence-electron chi connectivity index (χ3n) is 2.14. The zero-order valence-corrected chi connectivity index (χ0v) is 10.4. The zero-order chi connectivity index (χ0) is 10.1. The van der Waals surface area contributed by atoms with Crippen LogP contribution in [-0.2, 0) is 12.5 Å². The quantitative estimate of drug-likeness (QED) is 0.832. The molecule has 1 heterocycles. The largest absolute Gasteiger partial charge is 0.392 e. The lowest BCUT2D eigenvalue weighted by atomic mass is 10.1. The number of fused-ring (bicyclic) bond motifs is 1. The van der Waals surface area contributed by atoms with Gasteiger partial charge in [0.05, 0.1) is 6.61 Å². The minimum atomic E-state index is 0.0497. The highest BCUT2D eigenvalue weighted by Gasteiger charge is 2.07. The molecule has 0 unspecified atom stereocenters. The Bertz CT molecular complexity index is 466. The average Bonchev–Trinajstić information content (AvgIpc) is 2.58. The van der Waals surface area contributed by atoms with Crippen molar-refractivity contribution in [2.24, 2.45) is 0 Å². The maximum absolute atomic E-state index is 9.12. The van der Waals surface area contributed by atoms with Crippen LogP contribution in [0.15, 0.2) is 22.0 Å². The van der Waals surface area contributed by atoms with Crippen LogP contribution in [-0.4, -0.2) is 5.11 Å². The second kappa shape index (κ2) is 4.19. The number of hydrogen-bond acceptors (Lipinski definition) is 2. The van der Waals surface area contributed by atoms with E-state index >= 15 is 0 Å². The monoisotopic (exact) mass is 290 g/mol. The minimum Gasteiger partial charge on any atom is -0.392 e. The van der Waals surface area contributed by atoms with E-state index in [2.05, 4.69) is 21.3 Å². The maximum Gasteiger partial charge on any atom is 0.0693 e. The number of alkyl halides is 1. The van der Waals surface area contributed by atoms with Gasteiger partial charge < -0.3 is 5.11 Å². The normalized spacial score (nSPS) is 11.1. The molecule has 4 heteroatoms. The van der Waals surface area contributed by atoms with Gasteiger partial charge in [0.1, 0.15) is 0 Å². The molecule has 1 N–H and O–H groups in total. The Labute approximate surface area is 99.4 Å². The van der Waals surface area contributed by atoms with E-state index in [0.717, 1.165) is 21.0 Å². The fraction of sp³-hybridized carbons (Fsp3) is 0.200. The molecule has 1 nitrogen and oxygen atoms in total. The molecule has 0 radical (unpaired) electrons. The molecule has 0 bridgehead atoms. The van der Waals surface area contributed by atoms with Gasteiger partial charge in [0, 0.05) is 15.1 Å². The van der Waals surface area contributed by atoms with E-state index in [1.165, 1.54) is 4.70 Å². The average molecular weight is 292 g/mol. The third kappa shape index (κ3) is 1.70. The van der Waals surface area contributed by atoms with Crippen LogP contribution in [0.4, 0.5) is 0 Å². The summed E-state index contributed by atoms with van der Waals surface area (Å²) in [5.41, 5.74) is 2.04. The number of rotatable bonds is 2. The van der Waals surface area contributed by atoms with Crippen LogP contribution in [0.5, 0.6) is 0 Å². The standard InChI is InChI=1S/C10H8BrClOS/c11-9-2-10-8(1-6(9)4-13)7(3-12)5-14-10/h1-2,5,13H,3-4H2. The maximum atomic E-state index is 9.12. The Hall–Kier alpha value is -0.0900.